The average Bonchev–Trinajstić information content (AvgIpc) is 3.25. The van der Waals surface area contributed by atoms with Crippen LogP contribution in [0.5, 0.6) is 0 Å². The van der Waals surface area contributed by atoms with Gasteiger partial charge in [0.25, 0.3) is 0 Å². The van der Waals surface area contributed by atoms with Gasteiger partial charge < -0.3 is 5.73 Å². The van der Waals surface area contributed by atoms with Crippen LogP contribution < -0.4 is 5.73 Å². The predicted octanol–water partition coefficient (Wildman–Crippen LogP) is 8.12. The maximum absolute atomic E-state index is 5.66. The van der Waals surface area contributed by atoms with Crippen molar-refractivity contribution < 1.29 is 0 Å². The van der Waals surface area contributed by atoms with E-state index in [1.165, 1.54) is 11.3 Å². The van der Waals surface area contributed by atoms with Crippen molar-refractivity contribution in [1.82, 2.24) is 9.97 Å². The normalized spacial score (nSPS) is 8.71. The Labute approximate surface area is 176 Å². The van der Waals surface area contributed by atoms with Gasteiger partial charge in [0, 0.05) is 23.3 Å². The Morgan fingerprint density at radius 2 is 1.32 bits per heavy atom. The van der Waals surface area contributed by atoms with Crippen LogP contribution in [-0.4, -0.2) is 9.97 Å². The number of anilines is 1. The Hall–Kier alpha value is -2.46. The Balaban J connectivity index is 0. The van der Waals surface area contributed by atoms with Crippen LogP contribution in [-0.2, 0) is 0 Å². The average molecular weight is 400 g/mol. The molecule has 0 aliphatic heterocycles. The van der Waals surface area contributed by atoms with E-state index in [9.17, 15) is 0 Å². The van der Waals surface area contributed by atoms with Gasteiger partial charge in [-0.15, -0.1) is 11.3 Å². The minimum Gasteiger partial charge on any atom is -0.375 e. The molecule has 2 N–H and O–H groups in total. The molecule has 0 aliphatic carbocycles. The molecule has 0 fully saturated rings. The number of nitrogens with zero attached hydrogens (tertiary/aromatic N) is 2. The first kappa shape index (κ1) is 27.8. The fourth-order valence-electron chi connectivity index (χ4n) is 1.82. The van der Waals surface area contributed by atoms with E-state index in [0.29, 0.717) is 5.13 Å². The predicted molar refractivity (Wildman–Crippen MR) is 130 cm³/mol. The molecular weight excluding hydrogens is 362 g/mol. The van der Waals surface area contributed by atoms with E-state index >= 15 is 0 Å². The Bertz CT molecular complexity index is 730. The van der Waals surface area contributed by atoms with E-state index in [-0.39, 0.29) is 0 Å². The van der Waals surface area contributed by atoms with Gasteiger partial charge in [-0.3, -0.25) is 4.98 Å². The van der Waals surface area contributed by atoms with Crippen molar-refractivity contribution in [3.63, 3.8) is 0 Å². The van der Waals surface area contributed by atoms with Gasteiger partial charge in [0.05, 0.1) is 5.69 Å². The Morgan fingerprint density at radius 3 is 1.79 bits per heavy atom. The highest BCUT2D eigenvalue weighted by Crippen LogP contribution is 2.27. The highest BCUT2D eigenvalue weighted by Gasteiger charge is 2.04. The number of pyridine rings is 1. The molecule has 0 saturated carbocycles. The molecule has 154 valence electrons. The molecule has 2 aromatic heterocycles. The molecule has 0 atom stereocenters. The molecule has 3 aromatic rings. The lowest BCUT2D eigenvalue weighted by Gasteiger charge is -2.03. The largest absolute Gasteiger partial charge is 0.375 e. The van der Waals surface area contributed by atoms with Crippen molar-refractivity contribution in [2.45, 2.75) is 55.4 Å². The first-order valence-corrected chi connectivity index (χ1v) is 10.9. The quantitative estimate of drug-likeness (QED) is 0.443. The van der Waals surface area contributed by atoms with Crippen LogP contribution in [0.25, 0.3) is 22.4 Å². The summed E-state index contributed by atoms with van der Waals surface area (Å²) in [5, 5.41) is 2.57. The van der Waals surface area contributed by atoms with E-state index in [1.54, 1.807) is 12.4 Å². The third kappa shape index (κ3) is 10.6. The number of nitrogen functional groups attached to an aromatic ring is 1. The molecule has 0 amide bonds. The molecule has 0 saturated heterocycles. The summed E-state index contributed by atoms with van der Waals surface area (Å²) in [4.78, 5) is 8.33. The maximum Gasteiger partial charge on any atom is 0.180 e. The molecule has 0 radical (unpaired) electrons. The Kier molecular flexibility index (Phi) is 19.1. The van der Waals surface area contributed by atoms with Gasteiger partial charge in [0.2, 0.25) is 0 Å². The number of aromatic nitrogens is 2. The number of nitrogens with two attached hydrogens (primary N) is 1. The van der Waals surface area contributed by atoms with Crippen LogP contribution in [0.15, 0.2) is 66.3 Å². The minimum absolute atomic E-state index is 0.597. The summed E-state index contributed by atoms with van der Waals surface area (Å²) in [6.07, 6.45) is 7.59. The third-order valence-electron chi connectivity index (χ3n) is 3.03. The summed E-state index contributed by atoms with van der Waals surface area (Å²) in [6, 6.07) is 12.3. The lowest BCUT2D eigenvalue weighted by atomic mass is 10.0. The fourth-order valence-corrected chi connectivity index (χ4v) is 2.39. The number of benzene rings is 1. The number of thiazole rings is 1. The number of hydrogen-bond acceptors (Lipinski definition) is 4. The fraction of sp³-hybridized carbons (Fsp3) is 0.333. The highest BCUT2D eigenvalue weighted by atomic mass is 32.1. The van der Waals surface area contributed by atoms with E-state index < -0.39 is 0 Å². The second-order valence-electron chi connectivity index (χ2n) is 4.55. The van der Waals surface area contributed by atoms with Crippen LogP contribution >= 0.6 is 11.3 Å². The van der Waals surface area contributed by atoms with Crippen molar-refractivity contribution in [2.75, 3.05) is 5.73 Å². The van der Waals surface area contributed by atoms with Gasteiger partial charge in [0.15, 0.2) is 5.13 Å². The zero-order chi connectivity index (χ0) is 21.8. The van der Waals surface area contributed by atoms with Crippen LogP contribution in [0, 0.1) is 0 Å². The standard InChI is InChI=1S/C14H11N3S.C4H8.3C2H6/c15-14-17-13(9-18-14)12-3-1-2-11(8-12)10-4-6-16-7-5-10;1-3-4-2;3*1-2/h1-9H,(H2,15,17);3-4H,1-2H3;3*1-2H3/b;4-3-;;;. The molecule has 0 unspecified atom stereocenters. The van der Waals surface area contributed by atoms with Gasteiger partial charge in [-0.25, -0.2) is 4.98 Å². The van der Waals surface area contributed by atoms with Gasteiger partial charge in [-0.2, -0.15) is 0 Å². The maximum atomic E-state index is 5.66. The van der Waals surface area contributed by atoms with E-state index in [0.717, 1.165) is 22.4 Å². The minimum atomic E-state index is 0.597. The summed E-state index contributed by atoms with van der Waals surface area (Å²) < 4.78 is 0. The third-order valence-corrected chi connectivity index (χ3v) is 3.70. The second kappa shape index (κ2) is 19.3. The first-order chi connectivity index (χ1) is 13.7. The van der Waals surface area contributed by atoms with E-state index in [1.807, 2.05) is 97.2 Å². The molecule has 3 nitrogen and oxygen atoms in total. The molecule has 3 rings (SSSR count). The zero-order valence-corrected chi connectivity index (χ0v) is 19.5. The SMILES string of the molecule is C/C=C\C.CC.CC.CC.Nc1nc(-c2cccc(-c3ccncc3)c2)cs1. The number of rotatable bonds is 2. The van der Waals surface area contributed by atoms with Gasteiger partial charge in [0.1, 0.15) is 0 Å². The molecule has 28 heavy (non-hydrogen) atoms. The molecule has 0 spiro atoms. The lowest BCUT2D eigenvalue weighted by molar-refractivity contribution is 1.33. The molecule has 1 aromatic carbocycles. The van der Waals surface area contributed by atoms with Crippen molar-refractivity contribution >= 4 is 16.5 Å². The first-order valence-electron chi connectivity index (χ1n) is 10.0. The molecule has 4 heteroatoms. The van der Waals surface area contributed by atoms with Crippen LogP contribution in [0.1, 0.15) is 55.4 Å². The smallest absolute Gasteiger partial charge is 0.180 e. The van der Waals surface area contributed by atoms with Crippen molar-refractivity contribution in [3.05, 3.63) is 66.3 Å². The van der Waals surface area contributed by atoms with E-state index in [2.05, 4.69) is 22.1 Å². The lowest BCUT2D eigenvalue weighted by Crippen LogP contribution is -1.84. The number of allylic oxidation sites excluding steroid dienone is 2. The summed E-state index contributed by atoms with van der Waals surface area (Å²) in [7, 11) is 0. The van der Waals surface area contributed by atoms with Crippen LogP contribution in [0.4, 0.5) is 5.13 Å². The van der Waals surface area contributed by atoms with Crippen molar-refractivity contribution in [1.29, 1.82) is 0 Å². The zero-order valence-electron chi connectivity index (χ0n) is 18.7. The molecular formula is C24H37N3S. The second-order valence-corrected chi connectivity index (χ2v) is 5.44. The van der Waals surface area contributed by atoms with Gasteiger partial charge >= 0.3 is 0 Å². The van der Waals surface area contributed by atoms with E-state index in [4.69, 9.17) is 5.73 Å². The monoisotopic (exact) mass is 399 g/mol. The molecule has 0 bridgehead atoms. The Morgan fingerprint density at radius 1 is 0.786 bits per heavy atom. The summed E-state index contributed by atoms with van der Waals surface area (Å²) in [5.41, 5.74) is 9.97. The van der Waals surface area contributed by atoms with Crippen molar-refractivity contribution in [3.8, 4) is 22.4 Å². The van der Waals surface area contributed by atoms with Crippen LogP contribution in [0.3, 0.4) is 0 Å². The number of hydrogen-bond donors (Lipinski definition) is 1. The molecule has 2 heterocycles. The van der Waals surface area contributed by atoms with Crippen molar-refractivity contribution in [2.24, 2.45) is 0 Å². The summed E-state index contributed by atoms with van der Waals surface area (Å²) >= 11 is 1.46. The van der Waals surface area contributed by atoms with Gasteiger partial charge in [-0.05, 0) is 43.2 Å². The van der Waals surface area contributed by atoms with Crippen LogP contribution in [0.2, 0.25) is 0 Å². The molecule has 0 aliphatic rings. The summed E-state index contributed by atoms with van der Waals surface area (Å²) in [5.74, 6) is 0. The summed E-state index contributed by atoms with van der Waals surface area (Å²) in [6.45, 7) is 16.0. The topological polar surface area (TPSA) is 51.8 Å². The highest BCUT2D eigenvalue weighted by molar-refractivity contribution is 7.13. The van der Waals surface area contributed by atoms with Gasteiger partial charge in [-0.1, -0.05) is 71.9 Å².